The number of rotatable bonds is 7. The number of fused-ring (bicyclic) bond motifs is 2. The van der Waals surface area contributed by atoms with Gasteiger partial charge in [-0.05, 0) is 50.1 Å². The van der Waals surface area contributed by atoms with Crippen molar-refractivity contribution < 1.29 is 23.7 Å². The van der Waals surface area contributed by atoms with Gasteiger partial charge >= 0.3 is 0 Å². The quantitative estimate of drug-likeness (QED) is 0.312. The first-order valence-corrected chi connectivity index (χ1v) is 12.6. The van der Waals surface area contributed by atoms with E-state index in [0.29, 0.717) is 52.2 Å². The number of nitrogens with zero attached hydrogens (tertiary/aromatic N) is 2. The van der Waals surface area contributed by atoms with Gasteiger partial charge in [0.2, 0.25) is 11.8 Å². The van der Waals surface area contributed by atoms with Crippen LogP contribution in [0.4, 0.5) is 5.69 Å². The van der Waals surface area contributed by atoms with E-state index in [-0.39, 0.29) is 11.5 Å². The zero-order valence-electron chi connectivity index (χ0n) is 22.8. The first-order chi connectivity index (χ1) is 18.7. The maximum atomic E-state index is 13.9. The number of aromatic nitrogens is 2. The Hall–Kier alpha value is -4.66. The molecule has 1 amide bonds. The number of amides is 1. The molecule has 39 heavy (non-hydrogen) atoms. The number of nitrogens with one attached hydrogen (secondary N) is 1. The van der Waals surface area contributed by atoms with Crippen molar-refractivity contribution >= 4 is 11.6 Å². The summed E-state index contributed by atoms with van der Waals surface area (Å²) in [6.45, 7) is 5.72. The highest BCUT2D eigenvalue weighted by Gasteiger charge is 2.33. The summed E-state index contributed by atoms with van der Waals surface area (Å²) in [5, 5.41) is 2.93. The summed E-state index contributed by atoms with van der Waals surface area (Å²) < 4.78 is 25.7. The van der Waals surface area contributed by atoms with Gasteiger partial charge in [-0.2, -0.15) is 0 Å². The van der Waals surface area contributed by atoms with Crippen molar-refractivity contribution in [2.75, 3.05) is 26.6 Å². The Kier molecular flexibility index (Phi) is 6.82. The third-order valence-corrected chi connectivity index (χ3v) is 7.08. The van der Waals surface area contributed by atoms with Crippen molar-refractivity contribution in [2.24, 2.45) is 0 Å². The Labute approximate surface area is 226 Å². The van der Waals surface area contributed by atoms with Crippen LogP contribution in [0.1, 0.15) is 35.2 Å². The Morgan fingerprint density at radius 1 is 0.949 bits per heavy atom. The molecule has 3 aromatic carbocycles. The highest BCUT2D eigenvalue weighted by atomic mass is 16.5. The van der Waals surface area contributed by atoms with Crippen LogP contribution in [0.5, 0.6) is 28.9 Å². The first-order valence-electron chi connectivity index (χ1n) is 12.6. The number of ether oxygens (including phenoxy) is 4. The molecule has 0 spiro atoms. The number of carbonyl (C=O) groups is 1. The minimum absolute atomic E-state index is 0.246. The number of anilines is 1. The standard InChI is InChI=1S/C30H31N3O6/c1-17-10-11-22(12-18(17)2)33-29(35)25-13-20-8-7-9-26(38-6)27(20)39-30(25)32(33)19(3)28(34)31-21-14-23(36-4)16-24(15-21)37-5/h7-12,14-16,19H,13H2,1-6H3,(H,31,34)/t19-/m1/s1. The summed E-state index contributed by atoms with van der Waals surface area (Å²) in [4.78, 5) is 27.6. The third kappa shape index (κ3) is 4.60. The van der Waals surface area contributed by atoms with Crippen LogP contribution >= 0.6 is 0 Å². The topological polar surface area (TPSA) is 93.0 Å². The van der Waals surface area contributed by atoms with Crippen LogP contribution < -0.4 is 29.8 Å². The van der Waals surface area contributed by atoms with Gasteiger partial charge in [0.1, 0.15) is 17.5 Å². The van der Waals surface area contributed by atoms with Crippen molar-refractivity contribution in [1.29, 1.82) is 0 Å². The van der Waals surface area contributed by atoms with Crippen molar-refractivity contribution in [1.82, 2.24) is 9.36 Å². The molecule has 1 atom stereocenters. The Morgan fingerprint density at radius 2 is 1.67 bits per heavy atom. The van der Waals surface area contributed by atoms with E-state index in [2.05, 4.69) is 5.32 Å². The fourth-order valence-electron chi connectivity index (χ4n) is 4.76. The van der Waals surface area contributed by atoms with Crippen LogP contribution in [0.25, 0.3) is 5.69 Å². The number of benzene rings is 3. The Morgan fingerprint density at radius 3 is 2.31 bits per heavy atom. The molecule has 202 valence electrons. The molecule has 9 nitrogen and oxygen atoms in total. The Bertz CT molecular complexity index is 1610. The lowest BCUT2D eigenvalue weighted by atomic mass is 10.0. The van der Waals surface area contributed by atoms with E-state index >= 15 is 0 Å². The second-order valence-corrected chi connectivity index (χ2v) is 9.51. The van der Waals surface area contributed by atoms with Crippen molar-refractivity contribution in [3.05, 3.63) is 87.2 Å². The number of hydrogen-bond donors (Lipinski definition) is 1. The number of carbonyl (C=O) groups excluding carboxylic acids is 1. The zero-order chi connectivity index (χ0) is 27.8. The zero-order valence-corrected chi connectivity index (χ0v) is 22.8. The van der Waals surface area contributed by atoms with Gasteiger partial charge < -0.3 is 24.3 Å². The molecule has 1 aliphatic heterocycles. The summed E-state index contributed by atoms with van der Waals surface area (Å²) in [5.74, 6) is 2.11. The molecule has 1 N–H and O–H groups in total. The fourth-order valence-corrected chi connectivity index (χ4v) is 4.76. The maximum absolute atomic E-state index is 13.9. The molecule has 9 heteroatoms. The van der Waals surface area contributed by atoms with E-state index in [9.17, 15) is 9.59 Å². The number of aryl methyl sites for hydroxylation is 2. The smallest absolute Gasteiger partial charge is 0.278 e. The van der Waals surface area contributed by atoms with Crippen LogP contribution in [-0.2, 0) is 11.2 Å². The lowest BCUT2D eigenvalue weighted by Gasteiger charge is -2.24. The van der Waals surface area contributed by atoms with E-state index in [1.165, 1.54) is 4.68 Å². The normalized spacial score (nSPS) is 12.6. The first kappa shape index (κ1) is 26.0. The van der Waals surface area contributed by atoms with Gasteiger partial charge in [-0.15, -0.1) is 0 Å². The highest BCUT2D eigenvalue weighted by Crippen LogP contribution is 2.43. The molecule has 0 aliphatic carbocycles. The second-order valence-electron chi connectivity index (χ2n) is 9.51. The van der Waals surface area contributed by atoms with Gasteiger partial charge in [0.05, 0.1) is 32.6 Å². The molecule has 1 aromatic heterocycles. The molecule has 0 bridgehead atoms. The molecule has 0 unspecified atom stereocenters. The van der Waals surface area contributed by atoms with Gasteiger partial charge in [0.15, 0.2) is 11.5 Å². The molecule has 0 saturated heterocycles. The summed E-state index contributed by atoms with van der Waals surface area (Å²) in [6.07, 6.45) is 0.347. The van der Waals surface area contributed by atoms with E-state index < -0.39 is 6.04 Å². The monoisotopic (exact) mass is 529 g/mol. The summed E-state index contributed by atoms with van der Waals surface area (Å²) >= 11 is 0. The van der Waals surface area contributed by atoms with Gasteiger partial charge in [-0.25, -0.2) is 9.36 Å². The molecule has 0 fully saturated rings. The van der Waals surface area contributed by atoms with Crippen LogP contribution in [0, 0.1) is 13.8 Å². The minimum atomic E-state index is -0.837. The van der Waals surface area contributed by atoms with Crippen molar-refractivity contribution in [3.63, 3.8) is 0 Å². The van der Waals surface area contributed by atoms with Crippen molar-refractivity contribution in [3.8, 4) is 34.6 Å². The lowest BCUT2D eigenvalue weighted by molar-refractivity contribution is -0.119. The minimum Gasteiger partial charge on any atom is -0.497 e. The second kappa shape index (κ2) is 10.2. The Balaban J connectivity index is 1.64. The van der Waals surface area contributed by atoms with E-state index in [1.807, 2.05) is 44.2 Å². The lowest BCUT2D eigenvalue weighted by Crippen LogP contribution is -2.31. The third-order valence-electron chi connectivity index (χ3n) is 7.08. The predicted molar refractivity (Wildman–Crippen MR) is 148 cm³/mol. The van der Waals surface area contributed by atoms with E-state index in [0.717, 1.165) is 16.7 Å². The predicted octanol–water partition coefficient (Wildman–Crippen LogP) is 5.18. The van der Waals surface area contributed by atoms with Crippen LogP contribution in [0.15, 0.2) is 59.4 Å². The molecule has 0 saturated carbocycles. The van der Waals surface area contributed by atoms with Crippen molar-refractivity contribution in [2.45, 2.75) is 33.2 Å². The molecule has 1 aliphatic rings. The highest BCUT2D eigenvalue weighted by molar-refractivity contribution is 5.94. The summed E-state index contributed by atoms with van der Waals surface area (Å²) in [6, 6.07) is 15.6. The molecule has 5 rings (SSSR count). The largest absolute Gasteiger partial charge is 0.497 e. The molecule has 2 heterocycles. The SMILES string of the molecule is COc1cc(NC(=O)[C@@H](C)n2c3c(c(=O)n2-c2ccc(C)c(C)c2)Cc2cccc(OC)c2O3)cc(OC)c1. The van der Waals surface area contributed by atoms with Crippen LogP contribution in [0.2, 0.25) is 0 Å². The fraction of sp³-hybridized carbons (Fsp3) is 0.267. The number of para-hydroxylation sites is 1. The number of hydrogen-bond acceptors (Lipinski definition) is 6. The van der Waals surface area contributed by atoms with E-state index in [4.69, 9.17) is 18.9 Å². The average Bonchev–Trinajstić information content (AvgIpc) is 3.23. The molecular weight excluding hydrogens is 498 g/mol. The average molecular weight is 530 g/mol. The van der Waals surface area contributed by atoms with Crippen LogP contribution in [0.3, 0.4) is 0 Å². The van der Waals surface area contributed by atoms with Gasteiger partial charge in [0, 0.05) is 35.9 Å². The number of methoxy groups -OCH3 is 3. The summed E-state index contributed by atoms with van der Waals surface area (Å²) in [5.41, 5.74) is 4.32. The molecule has 4 aromatic rings. The maximum Gasteiger partial charge on any atom is 0.278 e. The molecular formula is C30H31N3O6. The molecule has 0 radical (unpaired) electrons. The van der Waals surface area contributed by atoms with E-state index in [1.54, 1.807) is 57.2 Å². The van der Waals surface area contributed by atoms with Gasteiger partial charge in [-0.1, -0.05) is 18.2 Å². The van der Waals surface area contributed by atoms with Crippen LogP contribution in [-0.4, -0.2) is 36.6 Å². The van der Waals surface area contributed by atoms with Gasteiger partial charge in [0.25, 0.3) is 5.56 Å². The summed E-state index contributed by atoms with van der Waals surface area (Å²) in [7, 11) is 4.65. The van der Waals surface area contributed by atoms with Gasteiger partial charge in [-0.3, -0.25) is 9.59 Å².